The molecular weight excluding hydrogens is 369 g/mol. The van der Waals surface area contributed by atoms with Gasteiger partial charge in [-0.05, 0) is 50.5 Å². The van der Waals surface area contributed by atoms with E-state index in [2.05, 4.69) is 16.5 Å². The maximum Gasteiger partial charge on any atom is 0.416 e. The van der Waals surface area contributed by atoms with Gasteiger partial charge in [0.2, 0.25) is 5.91 Å². The van der Waals surface area contributed by atoms with Gasteiger partial charge in [-0.1, -0.05) is 12.1 Å². The minimum atomic E-state index is -4.42. The fourth-order valence-corrected chi connectivity index (χ4v) is 3.09. The van der Waals surface area contributed by atoms with Gasteiger partial charge in [0.25, 0.3) is 0 Å². The average Bonchev–Trinajstić information content (AvgIpc) is 2.90. The highest BCUT2D eigenvalue weighted by Crippen LogP contribution is 2.30. The Labute approximate surface area is 162 Å². The molecule has 150 valence electrons. The number of hydrogen-bond acceptors (Lipinski definition) is 3. The van der Waals surface area contributed by atoms with Crippen LogP contribution in [0.2, 0.25) is 0 Å². The molecule has 1 N–H and O–H groups in total. The number of aromatic nitrogens is 2. The van der Waals surface area contributed by atoms with Crippen molar-refractivity contribution >= 4 is 5.91 Å². The molecule has 0 aliphatic heterocycles. The zero-order valence-corrected chi connectivity index (χ0v) is 16.1. The van der Waals surface area contributed by atoms with Gasteiger partial charge in [0.1, 0.15) is 0 Å². The lowest BCUT2D eigenvalue weighted by molar-refractivity contribution is -0.137. The molecule has 0 spiro atoms. The summed E-state index contributed by atoms with van der Waals surface area (Å²) in [6, 6.07) is 6.51. The number of hydrogen-bond donors (Lipinski definition) is 1. The Balaban J connectivity index is 1.98. The Bertz CT molecular complexity index is 881. The molecule has 5 nitrogen and oxygen atoms in total. The maximum absolute atomic E-state index is 12.8. The number of carbonyl (C=O) groups excluding carboxylic acids is 1. The van der Waals surface area contributed by atoms with Crippen molar-refractivity contribution in [3.05, 3.63) is 52.3 Å². The predicted octanol–water partition coefficient (Wildman–Crippen LogP) is 4.24. The monoisotopic (exact) mass is 392 g/mol. The number of amides is 1. The van der Waals surface area contributed by atoms with E-state index in [4.69, 9.17) is 5.26 Å². The number of nitrogens with one attached hydrogen (secondary N) is 1. The summed E-state index contributed by atoms with van der Waals surface area (Å²) in [5.74, 6) is -0.242. The van der Waals surface area contributed by atoms with Gasteiger partial charge >= 0.3 is 6.18 Å². The number of halogens is 3. The summed E-state index contributed by atoms with van der Waals surface area (Å²) in [7, 11) is 0. The summed E-state index contributed by atoms with van der Waals surface area (Å²) >= 11 is 0. The topological polar surface area (TPSA) is 70.7 Å². The molecule has 0 bridgehead atoms. The first-order valence-corrected chi connectivity index (χ1v) is 8.99. The smallest absolute Gasteiger partial charge is 0.350 e. The van der Waals surface area contributed by atoms with Gasteiger partial charge < -0.3 is 5.32 Å². The Kier molecular flexibility index (Phi) is 6.84. The Morgan fingerprint density at radius 2 is 2.07 bits per heavy atom. The molecule has 1 heterocycles. The van der Waals surface area contributed by atoms with Crippen molar-refractivity contribution in [1.29, 1.82) is 5.26 Å². The number of nitriles is 1. The Hall–Kier alpha value is -2.82. The lowest BCUT2D eigenvalue weighted by Gasteiger charge is -2.16. The van der Waals surface area contributed by atoms with Crippen molar-refractivity contribution in [3.8, 4) is 6.07 Å². The molecular formula is C20H23F3N4O. The molecule has 0 radical (unpaired) electrons. The molecule has 2 rings (SSSR count). The summed E-state index contributed by atoms with van der Waals surface area (Å²) < 4.78 is 40.3. The summed E-state index contributed by atoms with van der Waals surface area (Å²) in [5.41, 5.74) is 2.36. The number of nitrogens with zero attached hydrogens (tertiary/aromatic N) is 3. The fourth-order valence-electron chi connectivity index (χ4n) is 3.09. The van der Waals surface area contributed by atoms with Crippen molar-refractivity contribution < 1.29 is 18.0 Å². The second kappa shape index (κ2) is 8.91. The van der Waals surface area contributed by atoms with Crippen LogP contribution in [0.5, 0.6) is 0 Å². The van der Waals surface area contributed by atoms with E-state index in [-0.39, 0.29) is 12.3 Å². The lowest BCUT2D eigenvalue weighted by atomic mass is 10.0. The largest absolute Gasteiger partial charge is 0.416 e. The van der Waals surface area contributed by atoms with E-state index in [0.29, 0.717) is 24.9 Å². The molecule has 1 unspecified atom stereocenters. The van der Waals surface area contributed by atoms with Gasteiger partial charge in [0.15, 0.2) is 0 Å². The van der Waals surface area contributed by atoms with Crippen LogP contribution in [-0.4, -0.2) is 15.7 Å². The summed E-state index contributed by atoms with van der Waals surface area (Å²) in [6.45, 7) is 5.91. The highest BCUT2D eigenvalue weighted by Gasteiger charge is 2.30. The molecule has 0 aliphatic carbocycles. The van der Waals surface area contributed by atoms with Gasteiger partial charge in [-0.3, -0.25) is 9.48 Å². The summed E-state index contributed by atoms with van der Waals surface area (Å²) in [5, 5.41) is 15.8. The molecule has 1 aromatic carbocycles. The molecule has 1 aromatic heterocycles. The van der Waals surface area contributed by atoms with Crippen LogP contribution in [-0.2, 0) is 23.9 Å². The van der Waals surface area contributed by atoms with Gasteiger partial charge in [0.05, 0.1) is 36.3 Å². The predicted molar refractivity (Wildman–Crippen MR) is 98.3 cm³/mol. The third kappa shape index (κ3) is 5.35. The highest BCUT2D eigenvalue weighted by atomic mass is 19.4. The molecule has 0 aliphatic rings. The molecule has 1 atom stereocenters. The first kappa shape index (κ1) is 21.5. The number of rotatable bonds is 7. The third-order valence-electron chi connectivity index (χ3n) is 4.66. The van der Waals surface area contributed by atoms with E-state index in [1.807, 2.05) is 13.8 Å². The quantitative estimate of drug-likeness (QED) is 0.766. The molecule has 8 heteroatoms. The minimum absolute atomic E-state index is 0.203. The van der Waals surface area contributed by atoms with Crippen LogP contribution in [0.25, 0.3) is 0 Å². The zero-order valence-electron chi connectivity index (χ0n) is 16.1. The van der Waals surface area contributed by atoms with Crippen LogP contribution < -0.4 is 5.32 Å². The second-order valence-corrected chi connectivity index (χ2v) is 6.69. The van der Waals surface area contributed by atoms with E-state index in [9.17, 15) is 18.0 Å². The number of carbonyl (C=O) groups is 1. The van der Waals surface area contributed by atoms with Crippen LogP contribution >= 0.6 is 0 Å². The summed E-state index contributed by atoms with van der Waals surface area (Å²) in [6.07, 6.45) is -3.38. The first-order chi connectivity index (χ1) is 13.1. The number of alkyl halides is 3. The fraction of sp³-hybridized carbons (Fsp3) is 0.450. The number of aryl methyl sites for hydroxylation is 2. The normalized spacial score (nSPS) is 12.5. The van der Waals surface area contributed by atoms with Crippen molar-refractivity contribution in [3.63, 3.8) is 0 Å². The van der Waals surface area contributed by atoms with Gasteiger partial charge in [0, 0.05) is 12.1 Å². The van der Waals surface area contributed by atoms with E-state index in [0.717, 1.165) is 29.1 Å². The molecule has 28 heavy (non-hydrogen) atoms. The number of benzene rings is 1. The van der Waals surface area contributed by atoms with E-state index < -0.39 is 17.8 Å². The van der Waals surface area contributed by atoms with E-state index in [1.54, 1.807) is 17.7 Å². The maximum atomic E-state index is 12.8. The van der Waals surface area contributed by atoms with Crippen LogP contribution in [0.1, 0.15) is 53.9 Å². The Morgan fingerprint density at radius 1 is 1.36 bits per heavy atom. The highest BCUT2D eigenvalue weighted by molar-refractivity contribution is 5.76. The molecule has 2 aromatic rings. The van der Waals surface area contributed by atoms with Crippen molar-refractivity contribution in [2.45, 2.75) is 58.8 Å². The standard InChI is InChI=1S/C20H23F3N4O/c1-13(16-6-4-7-17(12-16)20(21,22)23)25-19(28)9-8-18-14(2)26-27(15(18)3)11-5-10-24/h4,6-7,12-13H,5,8-9,11H2,1-3H3,(H,25,28). The van der Waals surface area contributed by atoms with Crippen LogP contribution in [0, 0.1) is 25.2 Å². The second-order valence-electron chi connectivity index (χ2n) is 6.69. The van der Waals surface area contributed by atoms with Crippen molar-refractivity contribution in [1.82, 2.24) is 15.1 Å². The SMILES string of the molecule is Cc1nn(CCC#N)c(C)c1CCC(=O)NC(C)c1cccc(C(F)(F)F)c1. The lowest BCUT2D eigenvalue weighted by Crippen LogP contribution is -2.27. The Morgan fingerprint density at radius 3 is 2.71 bits per heavy atom. The van der Waals surface area contributed by atoms with Crippen LogP contribution in [0.3, 0.4) is 0 Å². The average molecular weight is 392 g/mol. The van der Waals surface area contributed by atoms with Crippen molar-refractivity contribution in [2.24, 2.45) is 0 Å². The van der Waals surface area contributed by atoms with Gasteiger partial charge in [-0.2, -0.15) is 23.5 Å². The third-order valence-corrected chi connectivity index (χ3v) is 4.66. The minimum Gasteiger partial charge on any atom is -0.350 e. The van der Waals surface area contributed by atoms with E-state index >= 15 is 0 Å². The van der Waals surface area contributed by atoms with Crippen molar-refractivity contribution in [2.75, 3.05) is 0 Å². The molecule has 1 amide bonds. The molecule has 0 saturated heterocycles. The van der Waals surface area contributed by atoms with Gasteiger partial charge in [-0.25, -0.2) is 0 Å². The first-order valence-electron chi connectivity index (χ1n) is 8.99. The molecule has 0 saturated carbocycles. The zero-order chi connectivity index (χ0) is 20.9. The summed E-state index contributed by atoms with van der Waals surface area (Å²) in [4.78, 5) is 12.3. The van der Waals surface area contributed by atoms with Crippen LogP contribution in [0.15, 0.2) is 24.3 Å². The van der Waals surface area contributed by atoms with Gasteiger partial charge in [-0.15, -0.1) is 0 Å². The van der Waals surface area contributed by atoms with E-state index in [1.165, 1.54) is 6.07 Å². The van der Waals surface area contributed by atoms with Crippen LogP contribution in [0.4, 0.5) is 13.2 Å². The molecule has 0 fully saturated rings.